The van der Waals surface area contributed by atoms with Crippen molar-refractivity contribution in [3.8, 4) is 5.75 Å². The van der Waals surface area contributed by atoms with E-state index in [9.17, 15) is 14.7 Å². The van der Waals surface area contributed by atoms with E-state index in [0.29, 0.717) is 23.5 Å². The van der Waals surface area contributed by atoms with Crippen LogP contribution in [0.1, 0.15) is 28.3 Å². The number of likely N-dealkylation sites (tertiary alicyclic amines) is 1. The van der Waals surface area contributed by atoms with E-state index in [2.05, 4.69) is 6.58 Å². The van der Waals surface area contributed by atoms with Gasteiger partial charge in [0.25, 0.3) is 11.7 Å². The third kappa shape index (κ3) is 4.58. The summed E-state index contributed by atoms with van der Waals surface area (Å²) >= 11 is 0. The van der Waals surface area contributed by atoms with Crippen LogP contribution in [0.3, 0.4) is 0 Å². The van der Waals surface area contributed by atoms with Crippen LogP contribution in [0.25, 0.3) is 5.76 Å². The number of rotatable bonds is 7. The molecule has 0 bridgehead atoms. The minimum absolute atomic E-state index is 0.0829. The molecule has 1 fully saturated rings. The molecular weight excluding hydrogens is 414 g/mol. The summed E-state index contributed by atoms with van der Waals surface area (Å²) in [6.45, 7) is 6.21. The minimum atomic E-state index is -0.722. The smallest absolute Gasteiger partial charge is 0.295 e. The zero-order chi connectivity index (χ0) is 23.4. The average molecular weight is 440 g/mol. The van der Waals surface area contributed by atoms with Gasteiger partial charge in [0.05, 0.1) is 11.6 Å². The Hall–Kier alpha value is -4.12. The quantitative estimate of drug-likeness (QED) is 0.238. The van der Waals surface area contributed by atoms with Gasteiger partial charge in [0.2, 0.25) is 0 Å². The molecule has 1 aliphatic heterocycles. The first-order chi connectivity index (χ1) is 16.0. The van der Waals surface area contributed by atoms with Crippen molar-refractivity contribution in [3.05, 3.63) is 119 Å². The average Bonchev–Trinajstić information content (AvgIpc) is 3.08. The predicted molar refractivity (Wildman–Crippen MR) is 128 cm³/mol. The van der Waals surface area contributed by atoms with Gasteiger partial charge in [0.15, 0.2) is 0 Å². The van der Waals surface area contributed by atoms with Crippen LogP contribution in [0.15, 0.2) is 97.1 Å². The van der Waals surface area contributed by atoms with Gasteiger partial charge in [-0.25, -0.2) is 0 Å². The van der Waals surface area contributed by atoms with E-state index in [-0.39, 0.29) is 17.9 Å². The third-order valence-corrected chi connectivity index (χ3v) is 5.62. The van der Waals surface area contributed by atoms with Crippen molar-refractivity contribution in [1.29, 1.82) is 0 Å². The molecule has 0 radical (unpaired) electrons. The summed E-state index contributed by atoms with van der Waals surface area (Å²) in [4.78, 5) is 27.7. The van der Waals surface area contributed by atoms with E-state index in [1.165, 1.54) is 4.90 Å². The lowest BCUT2D eigenvalue weighted by atomic mass is 9.95. The molecule has 0 saturated carbocycles. The fourth-order valence-corrected chi connectivity index (χ4v) is 3.94. The maximum atomic E-state index is 13.1. The van der Waals surface area contributed by atoms with E-state index in [1.54, 1.807) is 30.3 Å². The number of hydrogen-bond acceptors (Lipinski definition) is 4. The highest BCUT2D eigenvalue weighted by Gasteiger charge is 2.46. The molecule has 0 aromatic heterocycles. The van der Waals surface area contributed by atoms with Crippen LogP contribution in [-0.4, -0.2) is 28.3 Å². The summed E-state index contributed by atoms with van der Waals surface area (Å²) in [5.41, 5.74) is 3.21. The minimum Gasteiger partial charge on any atom is -0.507 e. The van der Waals surface area contributed by atoms with Crippen LogP contribution in [-0.2, 0) is 16.1 Å². The molecule has 33 heavy (non-hydrogen) atoms. The Labute approximate surface area is 193 Å². The van der Waals surface area contributed by atoms with Crippen LogP contribution in [0.5, 0.6) is 5.75 Å². The number of amides is 1. The van der Waals surface area contributed by atoms with Gasteiger partial charge >= 0.3 is 0 Å². The second kappa shape index (κ2) is 9.57. The molecule has 4 rings (SSSR count). The van der Waals surface area contributed by atoms with Gasteiger partial charge in [0, 0.05) is 12.1 Å². The number of nitrogens with zero attached hydrogens (tertiary/aromatic N) is 1. The second-order valence-electron chi connectivity index (χ2n) is 7.95. The highest BCUT2D eigenvalue weighted by molar-refractivity contribution is 6.46. The molecule has 1 aliphatic rings. The van der Waals surface area contributed by atoms with Gasteiger partial charge in [-0.15, -0.1) is 0 Å². The van der Waals surface area contributed by atoms with Crippen molar-refractivity contribution in [2.75, 3.05) is 6.61 Å². The van der Waals surface area contributed by atoms with Gasteiger partial charge < -0.3 is 14.7 Å². The standard InChI is InChI=1S/C28H25NO4/c1-3-17-33-23-15-13-21(14-16-23)25-24(26(30)22-11-9-19(2)10-12-22)27(31)28(32)29(25)18-20-7-5-4-6-8-20/h3-16,25,30H,1,17-18H2,2H3. The molecule has 1 amide bonds. The Morgan fingerprint density at radius 2 is 1.67 bits per heavy atom. The van der Waals surface area contributed by atoms with E-state index >= 15 is 0 Å². The summed E-state index contributed by atoms with van der Waals surface area (Å²) in [7, 11) is 0. The molecule has 1 atom stereocenters. The Balaban J connectivity index is 1.80. The zero-order valence-electron chi connectivity index (χ0n) is 18.4. The second-order valence-corrected chi connectivity index (χ2v) is 7.95. The lowest BCUT2D eigenvalue weighted by molar-refractivity contribution is -0.140. The molecule has 0 aliphatic carbocycles. The Morgan fingerprint density at radius 3 is 2.30 bits per heavy atom. The first kappa shape index (κ1) is 22.1. The fourth-order valence-electron chi connectivity index (χ4n) is 3.94. The number of Topliss-reactive ketones (excluding diaryl/α,β-unsaturated/α-hetero) is 1. The molecule has 0 spiro atoms. The van der Waals surface area contributed by atoms with Gasteiger partial charge in [-0.3, -0.25) is 9.59 Å². The largest absolute Gasteiger partial charge is 0.507 e. The third-order valence-electron chi connectivity index (χ3n) is 5.62. The molecule has 1 heterocycles. The van der Waals surface area contributed by atoms with Gasteiger partial charge in [-0.2, -0.15) is 0 Å². The zero-order valence-corrected chi connectivity index (χ0v) is 18.4. The van der Waals surface area contributed by atoms with Crippen LogP contribution in [0.2, 0.25) is 0 Å². The summed E-state index contributed by atoms with van der Waals surface area (Å²) in [5.74, 6) is -0.858. The maximum Gasteiger partial charge on any atom is 0.295 e. The first-order valence-corrected chi connectivity index (χ1v) is 10.7. The van der Waals surface area contributed by atoms with Crippen molar-refractivity contribution in [1.82, 2.24) is 4.90 Å². The Bertz CT molecular complexity index is 1190. The van der Waals surface area contributed by atoms with Crippen LogP contribution in [0.4, 0.5) is 0 Å². The number of aryl methyl sites for hydroxylation is 1. The SMILES string of the molecule is C=CCOc1ccc(C2C(=C(O)c3ccc(C)cc3)C(=O)C(=O)N2Cc2ccccc2)cc1. The summed E-state index contributed by atoms with van der Waals surface area (Å²) in [5, 5.41) is 11.1. The molecule has 1 N–H and O–H groups in total. The topological polar surface area (TPSA) is 66.8 Å². The number of hydrogen-bond donors (Lipinski definition) is 1. The molecular formula is C28H25NO4. The number of aliphatic hydroxyl groups excluding tert-OH is 1. The maximum absolute atomic E-state index is 13.1. The van der Waals surface area contributed by atoms with E-state index in [0.717, 1.165) is 11.1 Å². The summed E-state index contributed by atoms with van der Waals surface area (Å²) in [6, 6.07) is 23.2. The fraction of sp³-hybridized carbons (Fsp3) is 0.143. The van der Waals surface area contributed by atoms with Gasteiger partial charge in [-0.1, -0.05) is 84.9 Å². The molecule has 5 nitrogen and oxygen atoms in total. The highest BCUT2D eigenvalue weighted by Crippen LogP contribution is 2.40. The summed E-state index contributed by atoms with van der Waals surface area (Å²) < 4.78 is 5.57. The van der Waals surface area contributed by atoms with Crippen molar-refractivity contribution >= 4 is 17.4 Å². The normalized spacial score (nSPS) is 17.2. The monoisotopic (exact) mass is 439 g/mol. The van der Waals surface area contributed by atoms with Gasteiger partial charge in [0.1, 0.15) is 18.1 Å². The highest BCUT2D eigenvalue weighted by atomic mass is 16.5. The van der Waals surface area contributed by atoms with Gasteiger partial charge in [-0.05, 0) is 30.2 Å². The van der Waals surface area contributed by atoms with Crippen LogP contribution >= 0.6 is 0 Å². The Morgan fingerprint density at radius 1 is 1.00 bits per heavy atom. The number of aliphatic hydroxyl groups is 1. The first-order valence-electron chi connectivity index (χ1n) is 10.7. The van der Waals surface area contributed by atoms with Crippen molar-refractivity contribution in [2.45, 2.75) is 19.5 Å². The van der Waals surface area contributed by atoms with E-state index < -0.39 is 17.7 Å². The molecule has 3 aromatic carbocycles. The van der Waals surface area contributed by atoms with Crippen LogP contribution < -0.4 is 4.74 Å². The van der Waals surface area contributed by atoms with Crippen molar-refractivity contribution < 1.29 is 19.4 Å². The molecule has 166 valence electrons. The number of ketones is 1. The van der Waals surface area contributed by atoms with Crippen LogP contribution in [0, 0.1) is 6.92 Å². The number of carbonyl (C=O) groups is 2. The number of ether oxygens (including phenoxy) is 1. The summed E-state index contributed by atoms with van der Waals surface area (Å²) in [6.07, 6.45) is 1.66. The van der Waals surface area contributed by atoms with Crippen molar-refractivity contribution in [2.24, 2.45) is 0 Å². The van der Waals surface area contributed by atoms with E-state index in [4.69, 9.17) is 4.74 Å². The lowest BCUT2D eigenvalue weighted by Crippen LogP contribution is -2.29. The number of benzene rings is 3. The van der Waals surface area contributed by atoms with Crippen molar-refractivity contribution in [3.63, 3.8) is 0 Å². The molecule has 1 unspecified atom stereocenters. The lowest BCUT2D eigenvalue weighted by Gasteiger charge is -2.25. The molecule has 5 heteroatoms. The van der Waals surface area contributed by atoms with E-state index in [1.807, 2.05) is 61.5 Å². The Kier molecular flexibility index (Phi) is 6.41. The predicted octanol–water partition coefficient (Wildman–Crippen LogP) is 5.18. The molecule has 3 aromatic rings. The number of carbonyl (C=O) groups excluding carboxylic acids is 2. The molecule has 1 saturated heterocycles.